The Balaban J connectivity index is 2.11. The van der Waals surface area contributed by atoms with Crippen molar-refractivity contribution in [3.63, 3.8) is 0 Å². The van der Waals surface area contributed by atoms with E-state index in [1.165, 1.54) is 18.2 Å². The van der Waals surface area contributed by atoms with Crippen LogP contribution in [0.5, 0.6) is 0 Å². The molecule has 1 heterocycles. The Morgan fingerprint density at radius 2 is 2.30 bits per heavy atom. The van der Waals surface area contributed by atoms with Crippen molar-refractivity contribution in [1.82, 2.24) is 5.32 Å². The Labute approximate surface area is 116 Å². The van der Waals surface area contributed by atoms with Crippen LogP contribution in [0.3, 0.4) is 0 Å². The third kappa shape index (κ3) is 3.24. The largest absolute Gasteiger partial charge is 0.383 e. The van der Waals surface area contributed by atoms with E-state index >= 15 is 0 Å². The second-order valence-corrected chi connectivity index (χ2v) is 4.63. The molecule has 0 spiro atoms. The Hall–Kier alpha value is -2.15. The first-order chi connectivity index (χ1) is 9.61. The first-order valence-corrected chi connectivity index (χ1v) is 6.46. The second-order valence-electron chi connectivity index (χ2n) is 4.63. The van der Waals surface area contributed by atoms with Crippen molar-refractivity contribution < 1.29 is 14.5 Å². The zero-order valence-corrected chi connectivity index (χ0v) is 11.2. The fourth-order valence-corrected chi connectivity index (χ4v) is 2.16. The van der Waals surface area contributed by atoms with Crippen LogP contribution in [0.1, 0.15) is 23.2 Å². The van der Waals surface area contributed by atoms with Crippen LogP contribution in [-0.2, 0) is 4.74 Å². The highest BCUT2D eigenvalue weighted by Gasteiger charge is 2.19. The SMILES string of the molecule is CNc1cc(C(=O)NC2CCCOC2)ccc1[N+](=O)[O-]. The summed E-state index contributed by atoms with van der Waals surface area (Å²) in [5.74, 6) is -0.244. The quantitative estimate of drug-likeness (QED) is 0.644. The van der Waals surface area contributed by atoms with Gasteiger partial charge in [-0.3, -0.25) is 14.9 Å². The fourth-order valence-electron chi connectivity index (χ4n) is 2.16. The molecule has 2 rings (SSSR count). The van der Waals surface area contributed by atoms with Crippen LogP contribution in [-0.4, -0.2) is 37.1 Å². The molecule has 1 fully saturated rings. The zero-order valence-electron chi connectivity index (χ0n) is 11.2. The Morgan fingerprint density at radius 1 is 1.50 bits per heavy atom. The number of hydrogen-bond acceptors (Lipinski definition) is 5. The first-order valence-electron chi connectivity index (χ1n) is 6.46. The number of carbonyl (C=O) groups is 1. The van der Waals surface area contributed by atoms with Crippen molar-refractivity contribution in [2.24, 2.45) is 0 Å². The molecule has 108 valence electrons. The van der Waals surface area contributed by atoms with Crippen molar-refractivity contribution in [2.75, 3.05) is 25.6 Å². The molecule has 1 aliphatic rings. The lowest BCUT2D eigenvalue weighted by atomic mass is 10.1. The molecule has 1 aromatic carbocycles. The Kier molecular flexibility index (Phi) is 4.52. The normalized spacial score (nSPS) is 18.4. The predicted octanol–water partition coefficient (Wildman–Crippen LogP) is 1.55. The molecule has 1 saturated heterocycles. The second kappa shape index (κ2) is 6.33. The Bertz CT molecular complexity index is 512. The highest BCUT2D eigenvalue weighted by molar-refractivity contribution is 5.96. The number of ether oxygens (including phenoxy) is 1. The van der Waals surface area contributed by atoms with E-state index in [4.69, 9.17) is 4.74 Å². The number of nitro groups is 1. The number of rotatable bonds is 4. The van der Waals surface area contributed by atoms with Crippen LogP contribution in [0.4, 0.5) is 11.4 Å². The molecule has 0 aromatic heterocycles. The van der Waals surface area contributed by atoms with Gasteiger partial charge in [-0.2, -0.15) is 0 Å². The number of amides is 1. The minimum absolute atomic E-state index is 0.00415. The molecule has 1 aromatic rings. The summed E-state index contributed by atoms with van der Waals surface area (Å²) >= 11 is 0. The molecule has 1 unspecified atom stereocenters. The number of nitrogens with zero attached hydrogens (tertiary/aromatic N) is 1. The zero-order chi connectivity index (χ0) is 14.5. The predicted molar refractivity (Wildman–Crippen MR) is 74.0 cm³/mol. The van der Waals surface area contributed by atoms with E-state index in [1.807, 2.05) is 0 Å². The minimum Gasteiger partial charge on any atom is -0.383 e. The molecule has 0 bridgehead atoms. The molecule has 7 nitrogen and oxygen atoms in total. The van der Waals surface area contributed by atoms with Gasteiger partial charge in [-0.25, -0.2) is 0 Å². The van der Waals surface area contributed by atoms with Gasteiger partial charge in [0, 0.05) is 25.3 Å². The average molecular weight is 279 g/mol. The maximum atomic E-state index is 12.1. The summed E-state index contributed by atoms with van der Waals surface area (Å²) in [6, 6.07) is 4.28. The average Bonchev–Trinajstić information content (AvgIpc) is 2.47. The molecule has 0 radical (unpaired) electrons. The molecule has 0 saturated carbocycles. The molecule has 20 heavy (non-hydrogen) atoms. The van der Waals surface area contributed by atoms with Crippen molar-refractivity contribution in [1.29, 1.82) is 0 Å². The van der Waals surface area contributed by atoms with Gasteiger partial charge in [0.15, 0.2) is 0 Å². The van der Waals surface area contributed by atoms with Gasteiger partial charge in [-0.05, 0) is 25.0 Å². The lowest BCUT2D eigenvalue weighted by Gasteiger charge is -2.23. The minimum atomic E-state index is -0.484. The van der Waals surface area contributed by atoms with Gasteiger partial charge in [0.05, 0.1) is 17.6 Å². The smallest absolute Gasteiger partial charge is 0.292 e. The number of hydrogen-bond donors (Lipinski definition) is 2. The van der Waals surface area contributed by atoms with E-state index in [0.717, 1.165) is 19.4 Å². The lowest BCUT2D eigenvalue weighted by molar-refractivity contribution is -0.383. The van der Waals surface area contributed by atoms with Gasteiger partial charge < -0.3 is 15.4 Å². The fraction of sp³-hybridized carbons (Fsp3) is 0.462. The van der Waals surface area contributed by atoms with Crippen LogP contribution >= 0.6 is 0 Å². The summed E-state index contributed by atoms with van der Waals surface area (Å²) in [7, 11) is 1.58. The van der Waals surface area contributed by atoms with Crippen molar-refractivity contribution >= 4 is 17.3 Å². The van der Waals surface area contributed by atoms with Crippen molar-refractivity contribution in [3.05, 3.63) is 33.9 Å². The van der Waals surface area contributed by atoms with Gasteiger partial charge in [0.25, 0.3) is 11.6 Å². The molecular formula is C13H17N3O4. The molecule has 7 heteroatoms. The van der Waals surface area contributed by atoms with Crippen LogP contribution < -0.4 is 10.6 Å². The van der Waals surface area contributed by atoms with E-state index < -0.39 is 4.92 Å². The highest BCUT2D eigenvalue weighted by Crippen LogP contribution is 2.25. The molecule has 1 amide bonds. The van der Waals surface area contributed by atoms with E-state index in [1.54, 1.807) is 7.05 Å². The number of carbonyl (C=O) groups excluding carboxylic acids is 1. The summed E-state index contributed by atoms with van der Waals surface area (Å²) in [6.45, 7) is 1.24. The molecule has 2 N–H and O–H groups in total. The summed E-state index contributed by atoms with van der Waals surface area (Å²) in [5.41, 5.74) is 0.665. The van der Waals surface area contributed by atoms with Crippen LogP contribution in [0, 0.1) is 10.1 Å². The summed E-state index contributed by atoms with van der Waals surface area (Å²) in [4.78, 5) is 22.4. The van der Waals surface area contributed by atoms with Gasteiger partial charge in [0.2, 0.25) is 0 Å². The van der Waals surface area contributed by atoms with Crippen LogP contribution in [0.15, 0.2) is 18.2 Å². The number of anilines is 1. The molecule has 1 atom stereocenters. The Morgan fingerprint density at radius 3 is 2.90 bits per heavy atom. The summed E-state index contributed by atoms with van der Waals surface area (Å²) in [6.07, 6.45) is 1.81. The molecule has 1 aliphatic heterocycles. The van der Waals surface area contributed by atoms with Crippen LogP contribution in [0.2, 0.25) is 0 Å². The molecule has 0 aliphatic carbocycles. The summed E-state index contributed by atoms with van der Waals surface area (Å²) in [5, 5.41) is 16.4. The van der Waals surface area contributed by atoms with E-state index in [0.29, 0.717) is 17.9 Å². The lowest BCUT2D eigenvalue weighted by Crippen LogP contribution is -2.40. The van der Waals surface area contributed by atoms with E-state index in [-0.39, 0.29) is 17.6 Å². The van der Waals surface area contributed by atoms with Gasteiger partial charge in [0.1, 0.15) is 5.69 Å². The monoisotopic (exact) mass is 279 g/mol. The van der Waals surface area contributed by atoms with Crippen molar-refractivity contribution in [3.8, 4) is 0 Å². The first kappa shape index (κ1) is 14.3. The van der Waals surface area contributed by atoms with Gasteiger partial charge in [-0.15, -0.1) is 0 Å². The third-order valence-corrected chi connectivity index (χ3v) is 3.22. The number of benzene rings is 1. The maximum Gasteiger partial charge on any atom is 0.292 e. The van der Waals surface area contributed by atoms with Gasteiger partial charge >= 0.3 is 0 Å². The van der Waals surface area contributed by atoms with Crippen molar-refractivity contribution in [2.45, 2.75) is 18.9 Å². The van der Waals surface area contributed by atoms with Crippen LogP contribution in [0.25, 0.3) is 0 Å². The van der Waals surface area contributed by atoms with E-state index in [9.17, 15) is 14.9 Å². The maximum absolute atomic E-state index is 12.1. The number of nitro benzene ring substituents is 1. The summed E-state index contributed by atoms with van der Waals surface area (Å²) < 4.78 is 5.30. The van der Waals surface area contributed by atoms with Gasteiger partial charge in [-0.1, -0.05) is 0 Å². The number of nitrogens with one attached hydrogen (secondary N) is 2. The van der Waals surface area contributed by atoms with E-state index in [2.05, 4.69) is 10.6 Å². The third-order valence-electron chi connectivity index (χ3n) is 3.22. The standard InChI is InChI=1S/C13H17N3O4/c1-14-11-7-9(4-5-12(11)16(18)19)13(17)15-10-3-2-6-20-8-10/h4-5,7,10,14H,2-3,6,8H2,1H3,(H,15,17). The topological polar surface area (TPSA) is 93.5 Å². The molecular weight excluding hydrogens is 262 g/mol. The highest BCUT2D eigenvalue weighted by atomic mass is 16.6.